The first-order valence-corrected chi connectivity index (χ1v) is 9.24. The number of rotatable bonds is 1. The maximum absolute atomic E-state index is 12.4. The molecular weight excluding hydrogens is 340 g/mol. The Labute approximate surface area is 152 Å². The molecule has 0 spiro atoms. The summed E-state index contributed by atoms with van der Waals surface area (Å²) in [6, 6.07) is 0. The van der Waals surface area contributed by atoms with Crippen molar-refractivity contribution in [2.24, 2.45) is 0 Å². The van der Waals surface area contributed by atoms with Gasteiger partial charge < -0.3 is 9.64 Å². The van der Waals surface area contributed by atoms with Gasteiger partial charge >= 0.3 is 6.09 Å². The number of fused-ring (bicyclic) bond motifs is 2. The number of hydrogen-bond donors (Lipinski definition) is 0. The van der Waals surface area contributed by atoms with Gasteiger partial charge in [0.15, 0.2) is 5.65 Å². The zero-order valence-electron chi connectivity index (χ0n) is 14.9. The zero-order chi connectivity index (χ0) is 17.8. The van der Waals surface area contributed by atoms with E-state index in [9.17, 15) is 4.79 Å². The van der Waals surface area contributed by atoms with E-state index in [1.165, 1.54) is 18.4 Å². The fraction of sp³-hybridized carbons (Fsp3) is 0.611. The van der Waals surface area contributed by atoms with Gasteiger partial charge in [0.25, 0.3) is 0 Å². The molecule has 0 atom stereocenters. The van der Waals surface area contributed by atoms with E-state index in [0.29, 0.717) is 37.0 Å². The Morgan fingerprint density at radius 2 is 2.00 bits per heavy atom. The lowest BCUT2D eigenvalue weighted by molar-refractivity contribution is 0.0258. The van der Waals surface area contributed by atoms with Crippen molar-refractivity contribution in [2.75, 3.05) is 13.1 Å². The highest BCUT2D eigenvalue weighted by Gasteiger charge is 2.30. The molecule has 0 bridgehead atoms. The predicted molar refractivity (Wildman–Crippen MR) is 95.2 cm³/mol. The van der Waals surface area contributed by atoms with E-state index >= 15 is 0 Å². The molecule has 0 radical (unpaired) electrons. The van der Waals surface area contributed by atoms with Crippen LogP contribution in [0.2, 0.25) is 5.15 Å². The molecule has 1 fully saturated rings. The van der Waals surface area contributed by atoms with Gasteiger partial charge in [0.05, 0.1) is 11.9 Å². The Hall–Kier alpha value is -1.82. The molecule has 1 amide bonds. The summed E-state index contributed by atoms with van der Waals surface area (Å²) in [6.07, 6.45) is 5.36. The number of hydrogen-bond acceptors (Lipinski definition) is 4. The van der Waals surface area contributed by atoms with E-state index in [1.54, 1.807) is 9.42 Å². The van der Waals surface area contributed by atoms with E-state index in [1.807, 2.05) is 27.0 Å². The first-order chi connectivity index (χ1) is 11.8. The van der Waals surface area contributed by atoms with Crippen LogP contribution in [0.3, 0.4) is 0 Å². The Morgan fingerprint density at radius 3 is 2.68 bits per heavy atom. The molecule has 134 valence electrons. The van der Waals surface area contributed by atoms with Crippen LogP contribution in [0.15, 0.2) is 6.20 Å². The lowest BCUT2D eigenvalue weighted by Crippen LogP contribution is -2.38. The van der Waals surface area contributed by atoms with Gasteiger partial charge in [0.1, 0.15) is 10.8 Å². The molecule has 1 saturated carbocycles. The van der Waals surface area contributed by atoms with Crippen LogP contribution in [0, 0.1) is 0 Å². The molecule has 0 unspecified atom stereocenters. The Balaban J connectivity index is 1.62. The first kappa shape index (κ1) is 16.6. The van der Waals surface area contributed by atoms with Crippen LogP contribution in [-0.2, 0) is 17.6 Å². The molecule has 2 aliphatic rings. The average molecular weight is 363 g/mol. The lowest BCUT2D eigenvalue weighted by Gasteiger charge is -2.26. The summed E-state index contributed by atoms with van der Waals surface area (Å²) in [7, 11) is 0. The monoisotopic (exact) mass is 362 g/mol. The van der Waals surface area contributed by atoms with Crippen LogP contribution in [0.5, 0.6) is 0 Å². The van der Waals surface area contributed by atoms with Crippen LogP contribution in [0.4, 0.5) is 4.79 Å². The first-order valence-electron chi connectivity index (χ1n) is 8.86. The zero-order valence-corrected chi connectivity index (χ0v) is 15.6. The second kappa shape index (κ2) is 5.87. The van der Waals surface area contributed by atoms with E-state index in [2.05, 4.69) is 5.10 Å². The van der Waals surface area contributed by atoms with Crippen molar-refractivity contribution < 1.29 is 9.53 Å². The summed E-state index contributed by atoms with van der Waals surface area (Å²) in [5, 5.41) is 5.06. The van der Waals surface area contributed by atoms with Crippen molar-refractivity contribution >= 4 is 23.3 Å². The minimum atomic E-state index is -0.494. The molecule has 2 aromatic rings. The molecule has 7 heteroatoms. The Bertz CT molecular complexity index is 836. The third-order valence-corrected chi connectivity index (χ3v) is 5.10. The van der Waals surface area contributed by atoms with Gasteiger partial charge in [0, 0.05) is 30.6 Å². The fourth-order valence-corrected chi connectivity index (χ4v) is 3.62. The van der Waals surface area contributed by atoms with Crippen molar-refractivity contribution in [2.45, 2.75) is 58.0 Å². The Kier molecular flexibility index (Phi) is 3.90. The smallest absolute Gasteiger partial charge is 0.410 e. The highest BCUT2D eigenvalue weighted by Crippen LogP contribution is 2.42. The van der Waals surface area contributed by atoms with E-state index in [-0.39, 0.29) is 6.09 Å². The quantitative estimate of drug-likeness (QED) is 0.727. The van der Waals surface area contributed by atoms with Crippen LogP contribution >= 0.6 is 11.6 Å². The maximum Gasteiger partial charge on any atom is 0.410 e. The summed E-state index contributed by atoms with van der Waals surface area (Å²) >= 11 is 6.63. The number of carbonyl (C=O) groups is 1. The number of halogens is 1. The molecule has 1 aliphatic heterocycles. The van der Waals surface area contributed by atoms with Crippen LogP contribution in [0.1, 0.15) is 56.4 Å². The van der Waals surface area contributed by atoms with E-state index in [0.717, 1.165) is 16.9 Å². The number of ether oxygens (including phenoxy) is 1. The van der Waals surface area contributed by atoms with Crippen LogP contribution < -0.4 is 0 Å². The van der Waals surface area contributed by atoms with Gasteiger partial charge in [-0.2, -0.15) is 5.10 Å². The number of carbonyl (C=O) groups excluding carboxylic acids is 1. The molecule has 2 aromatic heterocycles. The number of amides is 1. The van der Waals surface area contributed by atoms with Gasteiger partial charge in [-0.05, 0) is 46.0 Å². The van der Waals surface area contributed by atoms with Crippen molar-refractivity contribution in [1.29, 1.82) is 0 Å². The van der Waals surface area contributed by atoms with Gasteiger partial charge in [-0.3, -0.25) is 0 Å². The lowest BCUT2D eigenvalue weighted by atomic mass is 10.1. The molecule has 0 N–H and O–H groups in total. The van der Waals surface area contributed by atoms with Gasteiger partial charge in [0.2, 0.25) is 0 Å². The van der Waals surface area contributed by atoms with Gasteiger partial charge in [-0.15, -0.1) is 0 Å². The third kappa shape index (κ3) is 3.19. The van der Waals surface area contributed by atoms with Gasteiger partial charge in [-0.1, -0.05) is 11.6 Å². The molecule has 3 heterocycles. The fourth-order valence-electron chi connectivity index (χ4n) is 3.30. The molecular formula is C18H23ClN4O2. The normalized spacial score (nSPS) is 18.2. The topological polar surface area (TPSA) is 59.7 Å². The summed E-state index contributed by atoms with van der Waals surface area (Å²) in [6.45, 7) is 6.80. The predicted octanol–water partition coefficient (Wildman–Crippen LogP) is 3.60. The molecule has 0 saturated heterocycles. The molecule has 4 rings (SSSR count). The maximum atomic E-state index is 12.4. The van der Waals surface area contributed by atoms with E-state index < -0.39 is 5.60 Å². The second-order valence-electron chi connectivity index (χ2n) is 7.90. The number of aromatic nitrogens is 3. The van der Waals surface area contributed by atoms with Crippen LogP contribution in [-0.4, -0.2) is 44.3 Å². The molecule has 1 aliphatic carbocycles. The summed E-state index contributed by atoms with van der Waals surface area (Å²) in [5.41, 5.74) is 3.54. The summed E-state index contributed by atoms with van der Waals surface area (Å²) in [4.78, 5) is 19.0. The molecule has 0 aromatic carbocycles. The molecule has 25 heavy (non-hydrogen) atoms. The summed E-state index contributed by atoms with van der Waals surface area (Å²) < 4.78 is 7.25. The molecule has 6 nitrogen and oxygen atoms in total. The van der Waals surface area contributed by atoms with E-state index in [4.69, 9.17) is 21.3 Å². The number of nitrogens with zero attached hydrogens (tertiary/aromatic N) is 4. The van der Waals surface area contributed by atoms with Crippen molar-refractivity contribution in [1.82, 2.24) is 19.5 Å². The largest absolute Gasteiger partial charge is 0.444 e. The van der Waals surface area contributed by atoms with Crippen LogP contribution in [0.25, 0.3) is 5.65 Å². The van der Waals surface area contributed by atoms with Crippen molar-refractivity contribution in [3.63, 3.8) is 0 Å². The average Bonchev–Trinajstić information content (AvgIpc) is 3.30. The van der Waals surface area contributed by atoms with Crippen molar-refractivity contribution in [3.8, 4) is 0 Å². The SMILES string of the molecule is CC(C)(C)OC(=O)N1CCc2nc3c(C4CC4)cnn3c(Cl)c2CC1. The second-order valence-corrected chi connectivity index (χ2v) is 8.26. The minimum Gasteiger partial charge on any atom is -0.444 e. The highest BCUT2D eigenvalue weighted by atomic mass is 35.5. The minimum absolute atomic E-state index is 0.278. The third-order valence-electron chi connectivity index (χ3n) is 4.71. The summed E-state index contributed by atoms with van der Waals surface area (Å²) in [5.74, 6) is 0.572. The highest BCUT2D eigenvalue weighted by molar-refractivity contribution is 6.30. The van der Waals surface area contributed by atoms with Crippen molar-refractivity contribution in [3.05, 3.63) is 28.2 Å². The Morgan fingerprint density at radius 1 is 1.28 bits per heavy atom. The van der Waals surface area contributed by atoms with Gasteiger partial charge in [-0.25, -0.2) is 14.3 Å². The standard InChI is InChI=1S/C18H23ClN4O2/c1-18(2,3)25-17(24)22-8-6-12-14(7-9-22)21-16-13(11-4-5-11)10-20-23(16)15(12)19/h10-11H,4-9H2,1-3H3.